The van der Waals surface area contributed by atoms with Crippen molar-refractivity contribution in [2.24, 2.45) is 5.41 Å². The number of allylic oxidation sites excluding steroid dienone is 3. The molecule has 0 bridgehead atoms. The average Bonchev–Trinajstić information content (AvgIpc) is 2.57. The van der Waals surface area contributed by atoms with E-state index in [9.17, 15) is 0 Å². The molecule has 1 nitrogen and oxygen atoms in total. The van der Waals surface area contributed by atoms with Gasteiger partial charge in [0.25, 0.3) is 0 Å². The van der Waals surface area contributed by atoms with Gasteiger partial charge < -0.3 is 4.74 Å². The van der Waals surface area contributed by atoms with Gasteiger partial charge in [0, 0.05) is 5.41 Å². The zero-order valence-electron chi connectivity index (χ0n) is 12.1. The molecule has 1 heterocycles. The zero-order chi connectivity index (χ0) is 13.9. The van der Waals surface area contributed by atoms with Crippen molar-refractivity contribution in [2.45, 2.75) is 27.4 Å². The summed E-state index contributed by atoms with van der Waals surface area (Å²) in [6.45, 7) is 11.7. The molecule has 0 N–H and O–H groups in total. The van der Waals surface area contributed by atoms with Crippen LogP contribution in [-0.4, -0.2) is 6.61 Å². The highest BCUT2D eigenvalue weighted by Crippen LogP contribution is 2.28. The van der Waals surface area contributed by atoms with E-state index in [2.05, 4.69) is 63.8 Å². The summed E-state index contributed by atoms with van der Waals surface area (Å²) in [5.74, 6) is 0. The lowest BCUT2D eigenvalue weighted by atomic mass is 9.91. The molecule has 0 aromatic heterocycles. The molecule has 1 aromatic rings. The molecule has 1 heteroatoms. The lowest BCUT2D eigenvalue weighted by molar-refractivity contribution is 0.146. The van der Waals surface area contributed by atoms with Crippen molar-refractivity contribution in [3.05, 3.63) is 65.8 Å². The quantitative estimate of drug-likeness (QED) is 0.707. The van der Waals surface area contributed by atoms with Crippen molar-refractivity contribution in [3.63, 3.8) is 0 Å². The highest BCUT2D eigenvalue weighted by molar-refractivity contribution is 5.72. The van der Waals surface area contributed by atoms with Crippen molar-refractivity contribution >= 4 is 5.57 Å². The fourth-order valence-electron chi connectivity index (χ4n) is 2.12. The van der Waals surface area contributed by atoms with Gasteiger partial charge in [-0.2, -0.15) is 0 Å². The van der Waals surface area contributed by atoms with E-state index < -0.39 is 0 Å². The summed E-state index contributed by atoms with van der Waals surface area (Å²) in [7, 11) is 0. The van der Waals surface area contributed by atoms with E-state index in [1.807, 2.05) is 6.08 Å². The molecule has 0 saturated heterocycles. The topological polar surface area (TPSA) is 9.23 Å². The standard InChI is InChI=1S/C18H22O/c1-5-18(3,4)11-10-15-12-19-13-16-8-6-7-9-17(16)14(15)2/h5-11H,1,12-13H2,2-4H3/b11-10-. The van der Waals surface area contributed by atoms with Crippen LogP contribution in [0.15, 0.2) is 54.6 Å². The summed E-state index contributed by atoms with van der Waals surface area (Å²) in [6, 6.07) is 8.46. The Hall–Kier alpha value is -1.60. The van der Waals surface area contributed by atoms with E-state index in [1.54, 1.807) is 0 Å². The van der Waals surface area contributed by atoms with E-state index in [0.717, 1.165) is 0 Å². The Morgan fingerprint density at radius 1 is 1.21 bits per heavy atom. The number of hydrogen-bond donors (Lipinski definition) is 0. The number of benzene rings is 1. The molecular weight excluding hydrogens is 232 g/mol. The van der Waals surface area contributed by atoms with Crippen molar-refractivity contribution < 1.29 is 4.74 Å². The van der Waals surface area contributed by atoms with Gasteiger partial charge >= 0.3 is 0 Å². The first kappa shape index (κ1) is 13.8. The largest absolute Gasteiger partial charge is 0.372 e. The molecule has 1 aliphatic rings. The fraction of sp³-hybridized carbons (Fsp3) is 0.333. The molecule has 0 fully saturated rings. The van der Waals surface area contributed by atoms with Crippen LogP contribution in [0.2, 0.25) is 0 Å². The van der Waals surface area contributed by atoms with Gasteiger partial charge in [-0.25, -0.2) is 0 Å². The highest BCUT2D eigenvalue weighted by atomic mass is 16.5. The second-order valence-electron chi connectivity index (χ2n) is 5.66. The van der Waals surface area contributed by atoms with Gasteiger partial charge in [0.1, 0.15) is 0 Å². The first-order chi connectivity index (χ1) is 9.03. The Morgan fingerprint density at radius 2 is 1.95 bits per heavy atom. The third kappa shape index (κ3) is 3.24. The van der Waals surface area contributed by atoms with E-state index >= 15 is 0 Å². The van der Waals surface area contributed by atoms with Crippen molar-refractivity contribution in [3.8, 4) is 0 Å². The van der Waals surface area contributed by atoms with E-state index in [0.29, 0.717) is 13.2 Å². The van der Waals surface area contributed by atoms with Crippen LogP contribution in [0.1, 0.15) is 31.9 Å². The van der Waals surface area contributed by atoms with Gasteiger partial charge in [0.2, 0.25) is 0 Å². The maximum atomic E-state index is 5.77. The van der Waals surface area contributed by atoms with Gasteiger partial charge in [0.05, 0.1) is 13.2 Å². The average molecular weight is 254 g/mol. The molecule has 2 rings (SSSR count). The van der Waals surface area contributed by atoms with Gasteiger partial charge in [-0.15, -0.1) is 6.58 Å². The van der Waals surface area contributed by atoms with Gasteiger partial charge in [-0.05, 0) is 29.2 Å². The normalized spacial score (nSPS) is 16.4. The minimum absolute atomic E-state index is 0.0130. The Bertz CT molecular complexity index is 532. The van der Waals surface area contributed by atoms with E-state index in [-0.39, 0.29) is 5.41 Å². The summed E-state index contributed by atoms with van der Waals surface area (Å²) >= 11 is 0. The number of rotatable bonds is 3. The highest BCUT2D eigenvalue weighted by Gasteiger charge is 2.13. The molecule has 0 atom stereocenters. The number of ether oxygens (including phenoxy) is 1. The first-order valence-electron chi connectivity index (χ1n) is 6.72. The lowest BCUT2D eigenvalue weighted by Gasteiger charge is -2.14. The van der Waals surface area contributed by atoms with Crippen molar-refractivity contribution in [1.29, 1.82) is 0 Å². The van der Waals surface area contributed by atoms with Crippen LogP contribution in [0.4, 0.5) is 0 Å². The molecule has 0 amide bonds. The molecule has 0 aliphatic carbocycles. The van der Waals surface area contributed by atoms with Gasteiger partial charge in [0.15, 0.2) is 0 Å². The minimum atomic E-state index is 0.0130. The Morgan fingerprint density at radius 3 is 2.68 bits per heavy atom. The smallest absolute Gasteiger partial charge is 0.0727 e. The first-order valence-corrected chi connectivity index (χ1v) is 6.72. The van der Waals surface area contributed by atoms with Crippen LogP contribution in [0.25, 0.3) is 5.57 Å². The Kier molecular flexibility index (Phi) is 4.06. The molecule has 0 saturated carbocycles. The summed E-state index contributed by atoms with van der Waals surface area (Å²) in [5, 5.41) is 0. The fourth-order valence-corrected chi connectivity index (χ4v) is 2.12. The lowest BCUT2D eigenvalue weighted by Crippen LogP contribution is -2.02. The third-order valence-electron chi connectivity index (χ3n) is 3.66. The molecule has 1 aliphatic heterocycles. The summed E-state index contributed by atoms with van der Waals surface area (Å²) in [5.41, 5.74) is 5.14. The molecule has 0 radical (unpaired) electrons. The van der Waals surface area contributed by atoms with Crippen molar-refractivity contribution in [2.75, 3.05) is 6.61 Å². The van der Waals surface area contributed by atoms with Gasteiger partial charge in [-0.3, -0.25) is 0 Å². The second-order valence-corrected chi connectivity index (χ2v) is 5.66. The molecule has 100 valence electrons. The van der Waals surface area contributed by atoms with Crippen LogP contribution in [-0.2, 0) is 11.3 Å². The summed E-state index contributed by atoms with van der Waals surface area (Å²) in [6.07, 6.45) is 6.33. The van der Waals surface area contributed by atoms with Crippen LogP contribution >= 0.6 is 0 Å². The summed E-state index contributed by atoms with van der Waals surface area (Å²) in [4.78, 5) is 0. The molecule has 19 heavy (non-hydrogen) atoms. The Balaban J connectivity index is 2.38. The van der Waals surface area contributed by atoms with E-state index in [1.165, 1.54) is 22.3 Å². The Labute approximate surface area is 116 Å². The molecule has 0 spiro atoms. The maximum absolute atomic E-state index is 5.77. The monoisotopic (exact) mass is 254 g/mol. The van der Waals surface area contributed by atoms with Crippen molar-refractivity contribution in [1.82, 2.24) is 0 Å². The molecule has 1 aromatic carbocycles. The van der Waals surface area contributed by atoms with Crippen LogP contribution < -0.4 is 0 Å². The minimum Gasteiger partial charge on any atom is -0.372 e. The number of fused-ring (bicyclic) bond motifs is 1. The van der Waals surface area contributed by atoms with Gasteiger partial charge in [-0.1, -0.05) is 56.3 Å². The second kappa shape index (κ2) is 5.58. The maximum Gasteiger partial charge on any atom is 0.0727 e. The third-order valence-corrected chi connectivity index (χ3v) is 3.66. The SMILES string of the molecule is C=CC(C)(C)/C=C\C1=C(C)c2ccccc2COC1. The van der Waals surface area contributed by atoms with Crippen LogP contribution in [0.3, 0.4) is 0 Å². The summed E-state index contributed by atoms with van der Waals surface area (Å²) < 4.78 is 5.77. The number of hydrogen-bond acceptors (Lipinski definition) is 1. The van der Waals surface area contributed by atoms with Crippen LogP contribution in [0.5, 0.6) is 0 Å². The molecular formula is C18H22O. The van der Waals surface area contributed by atoms with Crippen LogP contribution in [0, 0.1) is 5.41 Å². The predicted molar refractivity (Wildman–Crippen MR) is 81.8 cm³/mol. The zero-order valence-corrected chi connectivity index (χ0v) is 12.1. The molecule has 0 unspecified atom stereocenters. The van der Waals surface area contributed by atoms with E-state index in [4.69, 9.17) is 4.74 Å². The predicted octanol–water partition coefficient (Wildman–Crippen LogP) is 4.76.